The normalized spacial score (nSPS) is 12.4. The Morgan fingerprint density at radius 1 is 1.20 bits per heavy atom. The standard InChI is InChI=1S/C19H24N6O3S2/c1-12(11-28-3)21-19-22-13(2)17(29-19)16-8-9-20-18(24-16)23-14-6-5-7-15(10-14)25-30(4,26)27/h5-10,12,25H,11H2,1-4H3,(H,21,22)(H,20,23,24). The largest absolute Gasteiger partial charge is 0.383 e. The van der Waals surface area contributed by atoms with E-state index in [1.807, 2.05) is 19.9 Å². The molecule has 0 bridgehead atoms. The maximum Gasteiger partial charge on any atom is 0.229 e. The topological polar surface area (TPSA) is 118 Å². The number of hydrogen-bond acceptors (Lipinski definition) is 9. The van der Waals surface area contributed by atoms with E-state index < -0.39 is 10.0 Å². The van der Waals surface area contributed by atoms with Crippen molar-refractivity contribution in [2.45, 2.75) is 19.9 Å². The molecular weight excluding hydrogens is 424 g/mol. The molecule has 0 aliphatic heterocycles. The summed E-state index contributed by atoms with van der Waals surface area (Å²) in [5, 5.41) is 7.24. The van der Waals surface area contributed by atoms with Crippen LogP contribution in [0.15, 0.2) is 36.5 Å². The molecule has 3 N–H and O–H groups in total. The van der Waals surface area contributed by atoms with Gasteiger partial charge in [0.2, 0.25) is 16.0 Å². The van der Waals surface area contributed by atoms with Gasteiger partial charge in [-0.15, -0.1) is 0 Å². The molecule has 0 radical (unpaired) electrons. The van der Waals surface area contributed by atoms with Gasteiger partial charge in [-0.1, -0.05) is 17.4 Å². The Kier molecular flexibility index (Phi) is 6.85. The van der Waals surface area contributed by atoms with Crippen molar-refractivity contribution < 1.29 is 13.2 Å². The highest BCUT2D eigenvalue weighted by Crippen LogP contribution is 2.32. The Bertz CT molecular complexity index is 1120. The first-order valence-electron chi connectivity index (χ1n) is 9.14. The van der Waals surface area contributed by atoms with Crippen molar-refractivity contribution in [3.8, 4) is 10.6 Å². The molecule has 0 saturated heterocycles. The van der Waals surface area contributed by atoms with Crippen LogP contribution in [0.1, 0.15) is 12.6 Å². The van der Waals surface area contributed by atoms with Crippen LogP contribution in [0, 0.1) is 6.92 Å². The van der Waals surface area contributed by atoms with Gasteiger partial charge in [-0.05, 0) is 38.1 Å². The van der Waals surface area contributed by atoms with Gasteiger partial charge >= 0.3 is 0 Å². The molecule has 2 heterocycles. The maximum absolute atomic E-state index is 11.4. The lowest BCUT2D eigenvalue weighted by Crippen LogP contribution is -2.20. The molecule has 1 aromatic carbocycles. The van der Waals surface area contributed by atoms with E-state index in [1.54, 1.807) is 37.6 Å². The number of ether oxygens (including phenoxy) is 1. The van der Waals surface area contributed by atoms with E-state index in [0.717, 1.165) is 27.7 Å². The quantitative estimate of drug-likeness (QED) is 0.455. The van der Waals surface area contributed by atoms with Crippen LogP contribution in [0.5, 0.6) is 0 Å². The lowest BCUT2D eigenvalue weighted by atomic mass is 10.3. The van der Waals surface area contributed by atoms with E-state index in [2.05, 4.69) is 30.3 Å². The molecule has 3 rings (SSSR count). The summed E-state index contributed by atoms with van der Waals surface area (Å²) in [6.45, 7) is 4.55. The lowest BCUT2D eigenvalue weighted by Gasteiger charge is -2.10. The van der Waals surface area contributed by atoms with E-state index in [-0.39, 0.29) is 6.04 Å². The molecule has 0 aliphatic rings. The fourth-order valence-corrected chi connectivity index (χ4v) is 4.35. The van der Waals surface area contributed by atoms with Crippen molar-refractivity contribution in [3.63, 3.8) is 0 Å². The third-order valence-electron chi connectivity index (χ3n) is 3.89. The number of aromatic nitrogens is 3. The van der Waals surface area contributed by atoms with Crippen molar-refractivity contribution in [3.05, 3.63) is 42.2 Å². The summed E-state index contributed by atoms with van der Waals surface area (Å²) in [5.74, 6) is 0.402. The van der Waals surface area contributed by atoms with Gasteiger partial charge in [0, 0.05) is 25.0 Å². The van der Waals surface area contributed by atoms with E-state index >= 15 is 0 Å². The average Bonchev–Trinajstić information content (AvgIpc) is 3.01. The highest BCUT2D eigenvalue weighted by Gasteiger charge is 2.14. The molecule has 3 aromatic rings. The minimum atomic E-state index is -3.35. The van der Waals surface area contributed by atoms with Crippen LogP contribution in [-0.2, 0) is 14.8 Å². The average molecular weight is 449 g/mol. The smallest absolute Gasteiger partial charge is 0.229 e. The fraction of sp³-hybridized carbons (Fsp3) is 0.316. The van der Waals surface area contributed by atoms with Crippen molar-refractivity contribution in [2.24, 2.45) is 0 Å². The Hall–Kier alpha value is -2.76. The van der Waals surface area contributed by atoms with Crippen LogP contribution in [0.4, 0.5) is 22.5 Å². The second kappa shape index (κ2) is 9.37. The van der Waals surface area contributed by atoms with Crippen molar-refractivity contribution in [2.75, 3.05) is 35.3 Å². The molecule has 160 valence electrons. The van der Waals surface area contributed by atoms with Gasteiger partial charge in [0.15, 0.2) is 5.13 Å². The fourth-order valence-electron chi connectivity index (χ4n) is 2.75. The Labute approximate surface area is 180 Å². The number of benzene rings is 1. The molecule has 0 aliphatic carbocycles. The van der Waals surface area contributed by atoms with Crippen LogP contribution < -0.4 is 15.4 Å². The molecule has 1 unspecified atom stereocenters. The van der Waals surface area contributed by atoms with Crippen LogP contribution in [0.2, 0.25) is 0 Å². The van der Waals surface area contributed by atoms with Gasteiger partial charge < -0.3 is 15.4 Å². The number of thiazole rings is 1. The molecule has 0 saturated carbocycles. The lowest BCUT2D eigenvalue weighted by molar-refractivity contribution is 0.190. The molecule has 0 fully saturated rings. The Balaban J connectivity index is 1.79. The van der Waals surface area contributed by atoms with E-state index in [9.17, 15) is 8.42 Å². The zero-order valence-corrected chi connectivity index (χ0v) is 18.8. The number of nitrogens with zero attached hydrogens (tertiary/aromatic N) is 3. The second-order valence-corrected chi connectivity index (χ2v) is 9.53. The van der Waals surface area contributed by atoms with Gasteiger partial charge in [-0.2, -0.15) is 0 Å². The monoisotopic (exact) mass is 448 g/mol. The summed E-state index contributed by atoms with van der Waals surface area (Å²) in [6.07, 6.45) is 2.78. The summed E-state index contributed by atoms with van der Waals surface area (Å²) in [5.41, 5.74) is 2.74. The highest BCUT2D eigenvalue weighted by atomic mass is 32.2. The van der Waals surface area contributed by atoms with E-state index in [1.165, 1.54) is 11.3 Å². The van der Waals surface area contributed by atoms with Gasteiger partial charge in [-0.25, -0.2) is 23.4 Å². The van der Waals surface area contributed by atoms with Gasteiger partial charge in [0.25, 0.3) is 0 Å². The predicted molar refractivity (Wildman–Crippen MR) is 121 cm³/mol. The number of hydrogen-bond donors (Lipinski definition) is 3. The summed E-state index contributed by atoms with van der Waals surface area (Å²) in [6, 6.07) is 8.86. The first-order chi connectivity index (χ1) is 14.2. The van der Waals surface area contributed by atoms with E-state index in [4.69, 9.17) is 4.74 Å². The number of methoxy groups -OCH3 is 1. The Morgan fingerprint density at radius 2 is 1.97 bits per heavy atom. The zero-order chi connectivity index (χ0) is 21.7. The third-order valence-corrected chi connectivity index (χ3v) is 5.61. The van der Waals surface area contributed by atoms with Crippen LogP contribution in [-0.4, -0.2) is 49.4 Å². The molecule has 9 nitrogen and oxygen atoms in total. The van der Waals surface area contributed by atoms with Gasteiger partial charge in [0.1, 0.15) is 0 Å². The molecule has 2 aromatic heterocycles. The number of anilines is 4. The summed E-state index contributed by atoms with van der Waals surface area (Å²) >= 11 is 1.52. The minimum absolute atomic E-state index is 0.142. The first-order valence-corrected chi connectivity index (χ1v) is 11.9. The maximum atomic E-state index is 11.4. The van der Waals surface area contributed by atoms with E-state index in [0.29, 0.717) is 23.9 Å². The second-order valence-electron chi connectivity index (χ2n) is 6.78. The van der Waals surface area contributed by atoms with Crippen LogP contribution >= 0.6 is 11.3 Å². The van der Waals surface area contributed by atoms with Crippen molar-refractivity contribution in [1.82, 2.24) is 15.0 Å². The minimum Gasteiger partial charge on any atom is -0.383 e. The van der Waals surface area contributed by atoms with Gasteiger partial charge in [0.05, 0.1) is 34.8 Å². The predicted octanol–water partition coefficient (Wildman–Crippen LogP) is 3.47. The van der Waals surface area contributed by atoms with Crippen LogP contribution in [0.25, 0.3) is 10.6 Å². The SMILES string of the molecule is COCC(C)Nc1nc(C)c(-c2ccnc(Nc3cccc(NS(C)(=O)=O)c3)n2)s1. The molecule has 0 amide bonds. The van der Waals surface area contributed by atoms with Crippen molar-refractivity contribution >= 4 is 43.8 Å². The molecule has 0 spiro atoms. The number of aryl methyl sites for hydroxylation is 1. The summed E-state index contributed by atoms with van der Waals surface area (Å²) in [4.78, 5) is 14.4. The third kappa shape index (κ3) is 6.12. The van der Waals surface area contributed by atoms with Crippen molar-refractivity contribution in [1.29, 1.82) is 0 Å². The van der Waals surface area contributed by atoms with Crippen LogP contribution in [0.3, 0.4) is 0 Å². The molecular formula is C19H24N6O3S2. The number of sulfonamides is 1. The number of nitrogens with one attached hydrogen (secondary N) is 3. The Morgan fingerprint density at radius 3 is 2.70 bits per heavy atom. The van der Waals surface area contributed by atoms with Gasteiger partial charge in [-0.3, -0.25) is 4.72 Å². The molecule has 11 heteroatoms. The number of rotatable bonds is 9. The highest BCUT2D eigenvalue weighted by molar-refractivity contribution is 7.92. The summed E-state index contributed by atoms with van der Waals surface area (Å²) in [7, 11) is -1.69. The summed E-state index contributed by atoms with van der Waals surface area (Å²) < 4.78 is 30.5. The zero-order valence-electron chi connectivity index (χ0n) is 17.1. The molecule has 30 heavy (non-hydrogen) atoms. The molecule has 1 atom stereocenters. The first kappa shape index (κ1) is 21.9.